The molecule has 0 fully saturated rings. The average molecular weight is 596 g/mol. The Morgan fingerprint density at radius 3 is 1.21 bits per heavy atom. The van der Waals surface area contributed by atoms with Crippen molar-refractivity contribution in [3.05, 3.63) is 60.7 Å². The molecule has 0 saturated carbocycles. The Kier molecular flexibility index (Phi) is 12.4. The predicted molar refractivity (Wildman–Crippen MR) is 175 cm³/mol. The molecule has 0 aliphatic heterocycles. The van der Waals surface area contributed by atoms with E-state index in [1.807, 2.05) is 7.11 Å². The van der Waals surface area contributed by atoms with Crippen LogP contribution in [0, 0.1) is 0 Å². The maximum absolute atomic E-state index is 6.34. The molecule has 0 aliphatic carbocycles. The van der Waals surface area contributed by atoms with E-state index in [-0.39, 0.29) is 16.5 Å². The van der Waals surface area contributed by atoms with E-state index < -0.39 is 15.8 Å². The summed E-state index contributed by atoms with van der Waals surface area (Å²) in [6.45, 7) is 19.1. The molecule has 0 unspecified atom stereocenters. The second-order valence-electron chi connectivity index (χ2n) is 11.6. The zero-order valence-electron chi connectivity index (χ0n) is 25.3. The number of benzene rings is 3. The molecule has 0 aromatic heterocycles. The van der Waals surface area contributed by atoms with Crippen LogP contribution < -0.4 is 20.2 Å². The van der Waals surface area contributed by atoms with Crippen molar-refractivity contribution in [3.8, 4) is 28.0 Å². The van der Waals surface area contributed by atoms with Crippen LogP contribution in [0.3, 0.4) is 0 Å². The van der Waals surface area contributed by atoms with E-state index in [2.05, 4.69) is 135 Å². The molecule has 3 aromatic carbocycles. The van der Waals surface area contributed by atoms with E-state index in [1.165, 1.54) is 38.6 Å². The minimum absolute atomic E-state index is 0. The van der Waals surface area contributed by atoms with Crippen LogP contribution in [-0.4, -0.2) is 43.8 Å². The quantitative estimate of drug-likeness (QED) is 0.172. The van der Waals surface area contributed by atoms with Gasteiger partial charge in [0.2, 0.25) is 0 Å². The molecule has 210 valence electrons. The fraction of sp³-hybridized carbons (Fsp3) is 0.455. The van der Waals surface area contributed by atoms with Gasteiger partial charge in [-0.25, -0.2) is 0 Å². The molecule has 0 heterocycles. The van der Waals surface area contributed by atoms with Crippen molar-refractivity contribution in [2.24, 2.45) is 0 Å². The normalized spacial score (nSPS) is 11.7. The minimum atomic E-state index is -0.774. The van der Waals surface area contributed by atoms with Crippen LogP contribution in [0.2, 0.25) is 0 Å². The van der Waals surface area contributed by atoms with Crippen molar-refractivity contribution in [2.45, 2.75) is 78.0 Å². The SMILES string of the molecule is COc1c(-c2ccccc2[PH+](C(C)C)C(C)C)cc(N(C)C)cc1-c1ccccc1[PH+](C(C)C)C(C)C.[Ni]. The van der Waals surface area contributed by atoms with Gasteiger partial charge >= 0.3 is 0 Å². The van der Waals surface area contributed by atoms with E-state index in [9.17, 15) is 0 Å². The molecule has 38 heavy (non-hydrogen) atoms. The molecule has 0 radical (unpaired) electrons. The molecule has 0 bridgehead atoms. The average Bonchev–Trinajstić information content (AvgIpc) is 2.83. The van der Waals surface area contributed by atoms with E-state index >= 15 is 0 Å². The number of nitrogens with zero attached hydrogens (tertiary/aromatic N) is 1. The van der Waals surface area contributed by atoms with Crippen LogP contribution in [0.4, 0.5) is 5.69 Å². The van der Waals surface area contributed by atoms with Crippen LogP contribution in [0.5, 0.6) is 5.75 Å². The molecule has 3 aromatic rings. The van der Waals surface area contributed by atoms with Gasteiger partial charge < -0.3 is 9.64 Å². The van der Waals surface area contributed by atoms with E-state index in [4.69, 9.17) is 4.74 Å². The third-order valence-corrected chi connectivity index (χ3v) is 14.4. The number of hydrogen-bond donors (Lipinski definition) is 0. The van der Waals surface area contributed by atoms with Crippen molar-refractivity contribution in [1.29, 1.82) is 0 Å². The van der Waals surface area contributed by atoms with Gasteiger partial charge in [-0.05, 0) is 79.7 Å². The number of anilines is 1. The van der Waals surface area contributed by atoms with Gasteiger partial charge in [0.15, 0.2) is 0 Å². The Labute approximate surface area is 245 Å². The van der Waals surface area contributed by atoms with Gasteiger partial charge in [-0.1, -0.05) is 36.4 Å². The zero-order valence-corrected chi connectivity index (χ0v) is 28.2. The number of rotatable bonds is 10. The first kappa shape index (κ1) is 32.8. The molecule has 3 rings (SSSR count). The van der Waals surface area contributed by atoms with Crippen LogP contribution in [0.1, 0.15) is 55.4 Å². The number of hydrogen-bond acceptors (Lipinski definition) is 2. The van der Waals surface area contributed by atoms with E-state index in [1.54, 1.807) is 0 Å². The van der Waals surface area contributed by atoms with Gasteiger partial charge in [0, 0.05) is 74.4 Å². The van der Waals surface area contributed by atoms with Crippen LogP contribution in [0.25, 0.3) is 22.3 Å². The summed E-state index contributed by atoms with van der Waals surface area (Å²) in [4.78, 5) is 2.23. The topological polar surface area (TPSA) is 12.5 Å². The fourth-order valence-corrected chi connectivity index (χ4v) is 12.8. The summed E-state index contributed by atoms with van der Waals surface area (Å²) in [5, 5.41) is 3.03. The minimum Gasteiger partial charge on any atom is -0.495 e. The summed E-state index contributed by atoms with van der Waals surface area (Å²) in [6.07, 6.45) is 0. The van der Waals surface area contributed by atoms with Crippen LogP contribution in [0.15, 0.2) is 60.7 Å². The molecule has 0 atom stereocenters. The molecule has 5 heteroatoms. The second kappa shape index (κ2) is 14.3. The first-order valence-electron chi connectivity index (χ1n) is 13.8. The molecular weight excluding hydrogens is 547 g/mol. The zero-order chi connectivity index (χ0) is 27.4. The number of ether oxygens (including phenoxy) is 1. The molecule has 0 saturated heterocycles. The molecule has 0 aliphatic rings. The summed E-state index contributed by atoms with van der Waals surface area (Å²) in [6, 6.07) is 22.8. The Hall–Kier alpha value is -1.39. The summed E-state index contributed by atoms with van der Waals surface area (Å²) in [5.74, 6) is 0.994. The Morgan fingerprint density at radius 2 is 0.921 bits per heavy atom. The van der Waals surface area contributed by atoms with Crippen molar-refractivity contribution in [2.75, 3.05) is 26.1 Å². The summed E-state index contributed by atoms with van der Waals surface area (Å²) in [5.41, 5.74) is 8.89. The Bertz CT molecular complexity index is 1090. The van der Waals surface area contributed by atoms with Crippen molar-refractivity contribution < 1.29 is 21.2 Å². The molecular formula is C33H49NNiOP2+2. The van der Waals surface area contributed by atoms with Crippen LogP contribution in [-0.2, 0) is 16.5 Å². The Balaban J connectivity index is 0.00000507. The summed E-state index contributed by atoms with van der Waals surface area (Å²) >= 11 is 0. The van der Waals surface area contributed by atoms with Gasteiger partial charge in [0.1, 0.15) is 5.75 Å². The molecule has 0 N–H and O–H groups in total. The van der Waals surface area contributed by atoms with Gasteiger partial charge in [0.05, 0.1) is 40.4 Å². The van der Waals surface area contributed by atoms with Gasteiger partial charge in [-0.2, -0.15) is 0 Å². The smallest absolute Gasteiger partial charge is 0.134 e. The van der Waals surface area contributed by atoms with Gasteiger partial charge in [0.25, 0.3) is 0 Å². The summed E-state index contributed by atoms with van der Waals surface area (Å²) in [7, 11) is 4.58. The first-order valence-corrected chi connectivity index (χ1v) is 17.1. The molecule has 0 spiro atoms. The van der Waals surface area contributed by atoms with Gasteiger partial charge in [-0.15, -0.1) is 0 Å². The number of methoxy groups -OCH3 is 1. The largest absolute Gasteiger partial charge is 0.495 e. The maximum Gasteiger partial charge on any atom is 0.134 e. The van der Waals surface area contributed by atoms with Gasteiger partial charge in [-0.3, -0.25) is 0 Å². The van der Waals surface area contributed by atoms with Crippen molar-refractivity contribution in [3.63, 3.8) is 0 Å². The fourth-order valence-electron chi connectivity index (χ4n) is 6.01. The first-order chi connectivity index (χ1) is 17.5. The third kappa shape index (κ3) is 7.02. The monoisotopic (exact) mass is 595 g/mol. The van der Waals surface area contributed by atoms with E-state index in [0.717, 1.165) is 5.75 Å². The van der Waals surface area contributed by atoms with Crippen LogP contribution >= 0.6 is 15.8 Å². The van der Waals surface area contributed by atoms with E-state index in [0.29, 0.717) is 22.6 Å². The Morgan fingerprint density at radius 1 is 0.579 bits per heavy atom. The third-order valence-electron chi connectivity index (χ3n) is 7.34. The predicted octanol–water partition coefficient (Wildman–Crippen LogP) is 8.41. The molecule has 2 nitrogen and oxygen atoms in total. The molecule has 0 amide bonds. The second-order valence-corrected chi connectivity index (χ2v) is 19.1. The van der Waals surface area contributed by atoms with Crippen molar-refractivity contribution in [1.82, 2.24) is 0 Å². The summed E-state index contributed by atoms with van der Waals surface area (Å²) < 4.78 is 6.34. The van der Waals surface area contributed by atoms with Crippen molar-refractivity contribution >= 4 is 32.1 Å². The maximum atomic E-state index is 6.34. The standard InChI is InChI=1S/C33H47NOP2.Ni/c1-22(2)36(23(3)4)31-18-14-12-16-27(31)29-20-26(34(9)10)21-30(33(29)35-11)28-17-13-15-19-32(28)37(24(5)6)25(7)8;/h12-25H,1-11H3;/p+2.